The summed E-state index contributed by atoms with van der Waals surface area (Å²) in [5.41, 5.74) is 12.7. The van der Waals surface area contributed by atoms with Gasteiger partial charge in [-0.2, -0.15) is 0 Å². The molecule has 56 heavy (non-hydrogen) atoms. The van der Waals surface area contributed by atoms with Crippen LogP contribution < -0.4 is 10.6 Å². The monoisotopic (exact) mass is 747 g/mol. The maximum absolute atomic E-state index is 5.55. The third-order valence-corrected chi connectivity index (χ3v) is 13.4. The van der Waals surface area contributed by atoms with E-state index in [1.54, 1.807) is 0 Å². The van der Waals surface area contributed by atoms with E-state index in [1.165, 1.54) is 33.0 Å². The number of nitrogens with zero attached hydrogens (tertiary/aromatic N) is 2. The lowest BCUT2D eigenvalue weighted by Crippen LogP contribution is -2.27. The van der Waals surface area contributed by atoms with Gasteiger partial charge in [-0.1, -0.05) is 108 Å². The number of H-pyrrole nitrogens is 2. The van der Waals surface area contributed by atoms with Crippen LogP contribution >= 0.6 is 0 Å². The Morgan fingerprint density at radius 2 is 0.946 bits per heavy atom. The van der Waals surface area contributed by atoms with Crippen molar-refractivity contribution in [2.45, 2.75) is 144 Å². The van der Waals surface area contributed by atoms with Crippen molar-refractivity contribution in [3.05, 3.63) is 99.2 Å². The highest BCUT2D eigenvalue weighted by atomic mass is 14.8. The van der Waals surface area contributed by atoms with Crippen LogP contribution in [0, 0.1) is 6.92 Å². The minimum atomic E-state index is -0.0942. The van der Waals surface area contributed by atoms with Gasteiger partial charge in [0.05, 0.1) is 33.1 Å². The van der Waals surface area contributed by atoms with Crippen molar-refractivity contribution in [3.63, 3.8) is 0 Å². The van der Waals surface area contributed by atoms with Gasteiger partial charge < -0.3 is 9.97 Å². The first-order valence-electron chi connectivity index (χ1n) is 20.9. The summed E-state index contributed by atoms with van der Waals surface area (Å²) < 4.78 is 0. The number of hydrogen-bond donors (Lipinski definition) is 2. The highest BCUT2D eigenvalue weighted by Crippen LogP contribution is 2.41. The molecule has 2 N–H and O–H groups in total. The van der Waals surface area contributed by atoms with Gasteiger partial charge >= 0.3 is 0 Å². The second-order valence-corrected chi connectivity index (χ2v) is 18.9. The molecule has 4 heteroatoms. The molecular weight excluding hydrogens is 681 g/mol. The number of nitrogens with one attached hydrogen (secondary N) is 2. The Morgan fingerprint density at radius 1 is 0.554 bits per heavy atom. The average molecular weight is 747 g/mol. The molecule has 2 aromatic carbocycles. The largest absolute Gasteiger partial charge is 0.359 e. The first-order valence-corrected chi connectivity index (χ1v) is 20.9. The zero-order valence-electron chi connectivity index (χ0n) is 36.9. The van der Waals surface area contributed by atoms with Crippen LogP contribution in [0.4, 0.5) is 0 Å². The van der Waals surface area contributed by atoms with Gasteiger partial charge in [0.25, 0.3) is 0 Å². The van der Waals surface area contributed by atoms with E-state index >= 15 is 0 Å². The third-order valence-electron chi connectivity index (χ3n) is 13.4. The fourth-order valence-electron chi connectivity index (χ4n) is 8.29. The van der Waals surface area contributed by atoms with Crippen molar-refractivity contribution in [1.29, 1.82) is 0 Å². The Labute approximate surface area is 335 Å². The smallest absolute Gasteiger partial charge is 0.0733 e. The van der Waals surface area contributed by atoms with Crippen LogP contribution in [0.5, 0.6) is 0 Å². The van der Waals surface area contributed by atoms with Crippen LogP contribution in [-0.4, -0.2) is 19.9 Å². The van der Waals surface area contributed by atoms with Gasteiger partial charge in [0, 0.05) is 43.4 Å². The van der Waals surface area contributed by atoms with Gasteiger partial charge in [-0.3, -0.25) is 0 Å². The van der Waals surface area contributed by atoms with Crippen molar-refractivity contribution in [3.8, 4) is 0 Å². The molecule has 0 aliphatic carbocycles. The highest BCUT2D eigenvalue weighted by Gasteiger charge is 2.27. The third kappa shape index (κ3) is 7.10. The zero-order valence-corrected chi connectivity index (χ0v) is 36.9. The van der Waals surface area contributed by atoms with Crippen molar-refractivity contribution in [2.75, 3.05) is 0 Å². The summed E-state index contributed by atoms with van der Waals surface area (Å²) >= 11 is 0. The summed E-state index contributed by atoms with van der Waals surface area (Å²) in [7, 11) is 0. The number of benzene rings is 2. The molecule has 0 radical (unpaired) electrons. The van der Waals surface area contributed by atoms with E-state index in [4.69, 9.17) is 9.97 Å². The van der Waals surface area contributed by atoms with Crippen molar-refractivity contribution in [2.24, 2.45) is 0 Å². The molecule has 0 atom stereocenters. The number of aromatic amines is 2. The van der Waals surface area contributed by atoms with Crippen molar-refractivity contribution >= 4 is 73.4 Å². The SMILES string of the molecule is C=Cc1c(C)[nH]c(=C)/c(=C\C)c2cc(C(C)(CC)CC)cc(n2)c2cc(C(C)(C)C)cc3c4cc(C(C)(C)C)cc(c5cc(C(C)(CC)CC)cc1n5)c4[nH]c23. The molecule has 0 unspecified atom stereocenters. The topological polar surface area (TPSA) is 57.4 Å². The lowest BCUT2D eigenvalue weighted by Gasteiger charge is -2.27. The Kier molecular flexibility index (Phi) is 10.7. The number of fused-ring (bicyclic) bond motifs is 7. The van der Waals surface area contributed by atoms with E-state index in [9.17, 15) is 0 Å². The predicted molar refractivity (Wildman–Crippen MR) is 248 cm³/mol. The molecule has 0 saturated carbocycles. The summed E-state index contributed by atoms with van der Waals surface area (Å²) in [6, 6.07) is 18.9. The Balaban J connectivity index is 2.09. The molecule has 0 amide bonds. The van der Waals surface area contributed by atoms with E-state index in [2.05, 4.69) is 175 Å². The fourth-order valence-corrected chi connectivity index (χ4v) is 8.29. The first-order chi connectivity index (χ1) is 26.2. The predicted octanol–water partition coefficient (Wildman–Crippen LogP) is 13.5. The number of aromatic nitrogens is 4. The molecule has 294 valence electrons. The molecular formula is C52H66N4. The standard InChI is InChI=1S/C52H66N4/c1-17-37-31(7)53-32(8)38(18-2)44-28-36(52(16,21-5)22-6)30-46(55-44)42-26-34(50(12,13)14)24-40-39-23-33(49(9,10)11)25-41(47(39)56-48(40)42)45-29-35(27-43(37)54-45)51(15,19-3)20-4/h17-18,23-30,53,56H,1,8,19-22H2,2-7,9-16H3/b37-31?,38-18+. The molecule has 0 saturated heterocycles. The van der Waals surface area contributed by atoms with Crippen LogP contribution in [0.2, 0.25) is 0 Å². The Hall–Kier alpha value is -4.70. The summed E-state index contributed by atoms with van der Waals surface area (Å²) in [6.45, 7) is 41.0. The zero-order chi connectivity index (χ0) is 41.1. The summed E-state index contributed by atoms with van der Waals surface area (Å²) in [6.07, 6.45) is 8.15. The van der Waals surface area contributed by atoms with Gasteiger partial charge in [0.1, 0.15) is 0 Å². The number of rotatable bonds is 7. The summed E-state index contributed by atoms with van der Waals surface area (Å²) in [5.74, 6) is 0. The second-order valence-electron chi connectivity index (χ2n) is 18.9. The quantitative estimate of drug-likeness (QED) is 0.171. The lowest BCUT2D eigenvalue weighted by molar-refractivity contribution is 0.439. The molecule has 4 aromatic heterocycles. The fraction of sp³-hybridized carbons (Fsp3) is 0.423. The molecule has 4 nitrogen and oxygen atoms in total. The molecule has 4 heterocycles. The summed E-state index contributed by atoms with van der Waals surface area (Å²) in [4.78, 5) is 18.9. The average Bonchev–Trinajstić information content (AvgIpc) is 3.54. The number of pyridine rings is 2. The van der Waals surface area contributed by atoms with E-state index in [-0.39, 0.29) is 21.7 Å². The summed E-state index contributed by atoms with van der Waals surface area (Å²) in [5, 5.41) is 6.41. The van der Waals surface area contributed by atoms with Crippen LogP contribution in [0.3, 0.4) is 0 Å². The minimum Gasteiger partial charge on any atom is -0.359 e. The highest BCUT2D eigenvalue weighted by molar-refractivity contribution is 6.21. The van der Waals surface area contributed by atoms with Crippen LogP contribution in [0.25, 0.3) is 73.4 Å². The lowest BCUT2D eigenvalue weighted by atomic mass is 9.77. The van der Waals surface area contributed by atoms with E-state index < -0.39 is 0 Å². The van der Waals surface area contributed by atoms with E-state index in [0.29, 0.717) is 0 Å². The number of hydrogen-bond acceptors (Lipinski definition) is 2. The Morgan fingerprint density at radius 3 is 1.34 bits per heavy atom. The maximum Gasteiger partial charge on any atom is 0.0733 e. The van der Waals surface area contributed by atoms with Crippen LogP contribution in [0.1, 0.15) is 149 Å². The maximum atomic E-state index is 5.55. The van der Waals surface area contributed by atoms with E-state index in [1.807, 2.05) is 6.08 Å². The molecule has 6 aromatic rings. The Bertz CT molecular complexity index is 2730. The minimum absolute atomic E-state index is 0.0275. The normalized spacial score (nSPS) is 13.4. The van der Waals surface area contributed by atoms with Gasteiger partial charge in [0.2, 0.25) is 0 Å². The molecule has 0 aliphatic heterocycles. The van der Waals surface area contributed by atoms with Gasteiger partial charge in [-0.25, -0.2) is 9.97 Å². The van der Waals surface area contributed by atoms with Gasteiger partial charge in [-0.05, 0) is 132 Å². The van der Waals surface area contributed by atoms with Gasteiger partial charge in [0.15, 0.2) is 0 Å². The molecule has 6 rings (SSSR count). The molecule has 0 spiro atoms. The van der Waals surface area contributed by atoms with Crippen molar-refractivity contribution in [1.82, 2.24) is 19.9 Å². The van der Waals surface area contributed by atoms with Crippen molar-refractivity contribution < 1.29 is 0 Å². The second kappa shape index (κ2) is 14.7. The van der Waals surface area contributed by atoms with Crippen LogP contribution in [0.15, 0.2) is 55.1 Å². The van der Waals surface area contributed by atoms with Crippen LogP contribution in [-0.2, 0) is 21.7 Å². The molecule has 6 bridgehead atoms. The molecule has 0 fully saturated rings. The number of aryl methyl sites for hydroxylation is 1. The van der Waals surface area contributed by atoms with Gasteiger partial charge in [-0.15, -0.1) is 0 Å². The van der Waals surface area contributed by atoms with E-state index in [0.717, 1.165) is 91.4 Å². The first kappa shape index (κ1) is 40.9. The molecule has 0 aliphatic rings.